The number of aliphatic hydroxyl groups is 5. The van der Waals surface area contributed by atoms with Crippen molar-refractivity contribution >= 4 is 105 Å². The van der Waals surface area contributed by atoms with Crippen LogP contribution in [0.2, 0.25) is 0 Å². The van der Waals surface area contributed by atoms with Gasteiger partial charge in [-0.2, -0.15) is 0 Å². The maximum Gasteiger partial charge on any atom is 2.00 e. The van der Waals surface area contributed by atoms with E-state index in [1.54, 1.807) is 16.7 Å². The first-order valence-corrected chi connectivity index (χ1v) is 48.0. The number of nitrogens with zero attached hydrogens (tertiary/aromatic N) is 2. The van der Waals surface area contributed by atoms with Gasteiger partial charge < -0.3 is 83.4 Å². The van der Waals surface area contributed by atoms with Crippen molar-refractivity contribution in [2.24, 2.45) is 11.8 Å². The molecule has 142 heavy (non-hydrogen) atoms. The molecule has 5 N–H and O–H groups in total. The third-order valence-corrected chi connectivity index (χ3v) is 28.1. The van der Waals surface area contributed by atoms with Crippen molar-refractivity contribution in [2.45, 2.75) is 138 Å². The normalized spacial score (nSPS) is 18.0. The van der Waals surface area contributed by atoms with E-state index in [2.05, 4.69) is 48.5 Å². The van der Waals surface area contributed by atoms with Crippen molar-refractivity contribution in [2.75, 3.05) is 26.2 Å². The van der Waals surface area contributed by atoms with Crippen LogP contribution in [0.3, 0.4) is 0 Å². The second kappa shape index (κ2) is 43.6. The van der Waals surface area contributed by atoms with E-state index in [4.69, 9.17) is 28.4 Å². The summed E-state index contributed by atoms with van der Waals surface area (Å²) in [5.74, 6) is -2.18. The fraction of sp³-hybridized carbons (Fsp3) is 0.224. The molecule has 0 aliphatic carbocycles. The van der Waals surface area contributed by atoms with E-state index in [9.17, 15) is 39.9 Å². The summed E-state index contributed by atoms with van der Waals surface area (Å²) < 4.78 is 38.1. The minimum atomic E-state index is -1.76. The van der Waals surface area contributed by atoms with Gasteiger partial charge in [-0.1, -0.05) is 352 Å². The smallest absolute Gasteiger partial charge is 0.445 e. The number of fused-ring (bicyclic) bond motifs is 8. The van der Waals surface area contributed by atoms with E-state index in [0.717, 1.165) is 136 Å². The zero-order valence-electron chi connectivity index (χ0n) is 81.1. The Morgan fingerprint density at radius 1 is 0.324 bits per heavy atom. The summed E-state index contributed by atoms with van der Waals surface area (Å²) in [6.07, 6.45) is -0.654. The summed E-state index contributed by atoms with van der Waals surface area (Å²) in [5, 5.41) is 80.7. The molecule has 4 aliphatic heterocycles. The number of hydrogen-bond donors (Lipinski definition) is 5. The number of rotatable bonds is 18. The number of amides is 2. The number of likely N-dealkylation sites (tertiary alicyclic amines) is 2. The third-order valence-electron chi connectivity index (χ3n) is 28.1. The Hall–Kier alpha value is -13.4. The standard InChI is InChI=1S/2C47H38O4.C15H21NO3.C14H17NO3.2CH3.Ti/c2*1-45(2)50-43(46(48,39-23-19-31-11-3-7-15-35(31)27-39)40-24-20-32-12-4-8-16-36(32)28-40)44(51-45)47(49,41-25-21-33-13-5-9-17-37(33)29-41)42-26-22-34-14-6-10-18-38(34)30-42;1-12(17)14-8-5-9-16(10-14)15(18)19-11-13-6-3-2-4-7-13;16-10-13-7-4-8-15(9-13)14(17)18-11-12-5-2-1-3-6-12;;;/h2*3-30,43-44,48-49H,1-2H3;2-4,6-7,12,14,17H,5,8-11H2,1H3;1-3,5-6,10,13H,4,7-9,11H2;2*1H3;/q;;;;2*-1;+2/t2*43-,44?;12-,14+;13-;;;/m1101.../s1. The summed E-state index contributed by atoms with van der Waals surface area (Å²) in [6.45, 7) is 12.2. The van der Waals surface area contributed by atoms with Crippen LogP contribution in [0.1, 0.15) is 116 Å². The van der Waals surface area contributed by atoms with E-state index in [1.165, 1.54) is 0 Å². The van der Waals surface area contributed by atoms with Crippen LogP contribution in [0, 0.1) is 26.7 Å². The minimum Gasteiger partial charge on any atom is -0.445 e. The second-order valence-electron chi connectivity index (χ2n) is 38.2. The zero-order chi connectivity index (χ0) is 96.1. The average molecular weight is 1920 g/mol. The van der Waals surface area contributed by atoms with Crippen molar-refractivity contribution in [1.29, 1.82) is 0 Å². The van der Waals surface area contributed by atoms with Crippen molar-refractivity contribution in [3.8, 4) is 0 Å². The second-order valence-corrected chi connectivity index (χ2v) is 38.2. The number of carbonyl (C=O) groups excluding carboxylic acids is 3. The molecule has 0 radical (unpaired) electrons. The third kappa shape index (κ3) is 21.2. The van der Waals surface area contributed by atoms with Crippen LogP contribution in [0.15, 0.2) is 400 Å². The van der Waals surface area contributed by atoms with Gasteiger partial charge in [-0.15, -0.1) is 0 Å². The van der Waals surface area contributed by atoms with Crippen molar-refractivity contribution in [3.05, 3.63) is 471 Å². The first-order valence-electron chi connectivity index (χ1n) is 48.0. The summed E-state index contributed by atoms with van der Waals surface area (Å²) in [4.78, 5) is 37.8. The molecule has 0 bridgehead atoms. The van der Waals surface area contributed by atoms with Gasteiger partial charge in [0.05, 0.1) is 6.10 Å². The van der Waals surface area contributed by atoms with E-state index in [1.807, 2.05) is 380 Å². The number of benzene rings is 18. The van der Waals surface area contributed by atoms with Gasteiger partial charge in [-0.3, -0.25) is 0 Å². The molecule has 718 valence electrons. The van der Waals surface area contributed by atoms with Crippen LogP contribution in [0.5, 0.6) is 0 Å². The fourth-order valence-electron chi connectivity index (χ4n) is 20.6. The largest absolute Gasteiger partial charge is 2.00 e. The fourth-order valence-corrected chi connectivity index (χ4v) is 20.6. The molecular formula is C125H120N2O14Ti. The average Bonchev–Trinajstić information content (AvgIpc) is 1.50. The Morgan fingerprint density at radius 3 is 0.746 bits per heavy atom. The molecule has 4 heterocycles. The number of ether oxygens (including phenoxy) is 6. The quantitative estimate of drug-likeness (QED) is 0.0307. The Kier molecular flexibility index (Phi) is 31.2. The zero-order valence-corrected chi connectivity index (χ0v) is 82.7. The topological polar surface area (TPSA) is 214 Å². The monoisotopic (exact) mass is 1920 g/mol. The van der Waals surface area contributed by atoms with Gasteiger partial charge in [0.1, 0.15) is 66.3 Å². The molecule has 2 unspecified atom stereocenters. The van der Waals surface area contributed by atoms with Gasteiger partial charge in [0.15, 0.2) is 11.6 Å². The van der Waals surface area contributed by atoms with Crippen molar-refractivity contribution in [1.82, 2.24) is 9.80 Å². The van der Waals surface area contributed by atoms with Gasteiger partial charge in [0, 0.05) is 38.0 Å². The Labute approximate surface area is 845 Å². The van der Waals surface area contributed by atoms with Crippen molar-refractivity contribution < 1.29 is 90.1 Å². The first-order chi connectivity index (χ1) is 67.4. The van der Waals surface area contributed by atoms with Crippen LogP contribution >= 0.6 is 0 Å². The predicted molar refractivity (Wildman–Crippen MR) is 564 cm³/mol. The van der Waals surface area contributed by atoms with E-state index >= 15 is 0 Å². The van der Waals surface area contributed by atoms with Crippen LogP contribution in [0.4, 0.5) is 9.59 Å². The molecule has 22 rings (SSSR count). The molecule has 7 atom stereocenters. The van der Waals surface area contributed by atoms with E-state index in [0.29, 0.717) is 70.7 Å². The summed E-state index contributed by atoms with van der Waals surface area (Å²) in [7, 11) is 0. The Morgan fingerprint density at radius 2 is 0.528 bits per heavy atom. The molecule has 0 spiro atoms. The van der Waals surface area contributed by atoms with Crippen LogP contribution in [-0.2, 0) is 90.6 Å². The number of carbonyl (C=O) groups is 3. The van der Waals surface area contributed by atoms with E-state index < -0.39 is 58.4 Å². The molecule has 16 nitrogen and oxygen atoms in total. The minimum absolute atomic E-state index is 0. The van der Waals surface area contributed by atoms with Gasteiger partial charge in [-0.25, -0.2) is 9.59 Å². The molecule has 2 amide bonds. The predicted octanol–water partition coefficient (Wildman–Crippen LogP) is 25.5. The van der Waals surface area contributed by atoms with Crippen LogP contribution < -0.4 is 0 Å². The van der Waals surface area contributed by atoms with Gasteiger partial charge in [0.2, 0.25) is 0 Å². The summed E-state index contributed by atoms with van der Waals surface area (Å²) >= 11 is 0. The number of piperidine rings is 2. The molecular weight excluding hydrogens is 1800 g/mol. The molecule has 4 saturated heterocycles. The maximum atomic E-state index is 13.7. The Bertz CT molecular complexity index is 6440. The number of aliphatic hydroxyl groups excluding tert-OH is 1. The maximum absolute atomic E-state index is 13.7. The SMILES string of the molecule is CC1(C)OC(C(O)(c2ccc3ccccc3c2)c2ccc3ccccc3c2)[C@H](C(O)(c2ccc3ccccc3c2)c2ccc3ccccc3c2)O1.CC1(C)OC(C(O)(c2ccc3ccccc3c2)c2ccc3ccccc3c2)[C@H](C(O)(c2ccc3ccccc3c2)c2ccc3ccccc3c2)O1.C[C@H](O)[C@@H]1CCCN(C(=O)OCc2ccccc2)C1.O=C[C@@H]1CCCN(C(=O)OCc2ccccc2)C1.[CH3-].[CH3-].[Ti+2]. The molecule has 4 aliphatic rings. The Balaban J connectivity index is 0.000000149. The number of aldehydes is 1. The summed E-state index contributed by atoms with van der Waals surface area (Å²) in [6, 6.07) is 132. The first kappa shape index (κ1) is 102. The molecule has 18 aromatic rings. The van der Waals surface area contributed by atoms with Crippen LogP contribution in [-0.4, -0.2) is 122 Å². The number of hydrogen-bond acceptors (Lipinski definition) is 14. The summed E-state index contributed by atoms with van der Waals surface area (Å²) in [5.41, 5.74) is 0.0944. The molecule has 4 fully saturated rings. The molecule has 0 saturated carbocycles. The van der Waals surface area contributed by atoms with Crippen LogP contribution in [0.25, 0.3) is 86.2 Å². The van der Waals surface area contributed by atoms with Gasteiger partial charge >= 0.3 is 33.9 Å². The molecule has 17 heteroatoms. The molecule has 0 aromatic heterocycles. The van der Waals surface area contributed by atoms with E-state index in [-0.39, 0.29) is 73.3 Å². The van der Waals surface area contributed by atoms with Gasteiger partial charge in [0.25, 0.3) is 0 Å². The van der Waals surface area contributed by atoms with Crippen molar-refractivity contribution in [3.63, 3.8) is 0 Å². The molecule has 18 aromatic carbocycles. The van der Waals surface area contributed by atoms with Gasteiger partial charge in [-0.05, 0) is 251 Å².